The number of nitriles is 2. The lowest BCUT2D eigenvalue weighted by Gasteiger charge is -2.41. The Hall–Kier alpha value is -4.38. The van der Waals surface area contributed by atoms with Gasteiger partial charge in [-0.15, -0.1) is 17.0 Å². The molecule has 64 heavy (non-hydrogen) atoms. The van der Waals surface area contributed by atoms with Gasteiger partial charge in [-0.05, 0) is 27.8 Å². The molecule has 0 atom stereocenters. The summed E-state index contributed by atoms with van der Waals surface area (Å²) in [7, 11) is 0. The molecular weight excluding hydrogens is 984 g/mol. The predicted octanol–water partition coefficient (Wildman–Crippen LogP) is 5.22. The quantitative estimate of drug-likeness (QED) is 0.118. The number of hydrogen-bond donors (Lipinski definition) is 0. The molecule has 4 aliphatic heterocycles. The number of piperidine rings is 2. The van der Waals surface area contributed by atoms with Crippen LogP contribution in [0.25, 0.3) is 0 Å². The van der Waals surface area contributed by atoms with Crippen LogP contribution in [0.4, 0.5) is 0 Å². The van der Waals surface area contributed by atoms with Crippen LogP contribution in [0.3, 0.4) is 0 Å². The van der Waals surface area contributed by atoms with E-state index in [4.69, 9.17) is 4.74 Å². The summed E-state index contributed by atoms with van der Waals surface area (Å²) < 4.78 is 8.26. The first kappa shape index (κ1) is 49.1. The topological polar surface area (TPSA) is 56.8 Å². The highest BCUT2D eigenvalue weighted by Gasteiger charge is 2.67. The van der Waals surface area contributed by atoms with Crippen molar-refractivity contribution >= 4 is 17.0 Å². The predicted molar refractivity (Wildman–Crippen MR) is 253 cm³/mol. The summed E-state index contributed by atoms with van der Waals surface area (Å²) in [6.45, 7) is 10.3. The second-order valence-electron chi connectivity index (χ2n) is 18.5. The van der Waals surface area contributed by atoms with E-state index in [2.05, 4.69) is 164 Å². The van der Waals surface area contributed by atoms with Crippen LogP contribution in [0, 0.1) is 33.5 Å². The van der Waals surface area contributed by atoms with Crippen LogP contribution in [0.2, 0.25) is 0 Å². The second kappa shape index (κ2) is 20.8. The van der Waals surface area contributed by atoms with Crippen LogP contribution in [0.5, 0.6) is 0 Å². The van der Waals surface area contributed by atoms with Gasteiger partial charge in [0.05, 0.1) is 75.5 Å². The zero-order valence-corrected chi connectivity index (χ0v) is 41.5. The zero-order valence-electron chi connectivity index (χ0n) is 36.6. The summed E-state index contributed by atoms with van der Waals surface area (Å²) in [5.41, 5.74) is 5.94. The molecule has 330 valence electrons. The van der Waals surface area contributed by atoms with Crippen LogP contribution in [0.15, 0.2) is 182 Å². The number of rotatable bonds is 13. The van der Waals surface area contributed by atoms with Crippen molar-refractivity contribution in [1.82, 2.24) is 0 Å². The Morgan fingerprint density at radius 2 is 0.766 bits per heavy atom. The molecule has 4 aliphatic rings. The summed E-state index contributed by atoms with van der Waals surface area (Å²) in [5.74, 6) is 0. The number of quaternary nitrogens is 2. The zero-order chi connectivity index (χ0) is 41.7. The normalized spacial score (nSPS) is 23.8. The molecule has 5 nitrogen and oxygen atoms in total. The van der Waals surface area contributed by atoms with Gasteiger partial charge in [-0.25, -0.2) is 0 Å². The van der Waals surface area contributed by atoms with E-state index >= 15 is 0 Å². The average Bonchev–Trinajstić information content (AvgIpc) is 4.11. The highest BCUT2D eigenvalue weighted by Crippen LogP contribution is 2.61. The van der Waals surface area contributed by atoms with E-state index in [0.29, 0.717) is 6.61 Å². The SMILES string of the molecule is Br.N#CC(c1ccccc1)(c1ccccc1)C12CC[N+](CCOCc3ccccc3)(CC1)C2.N#CC(c1ccccc1)(c1ccccc1)C12CC[N+](Cc3ccccc3)(CC1)C2.[Br-].[Br-]. The molecule has 8 heteroatoms. The van der Waals surface area contributed by atoms with E-state index in [9.17, 15) is 10.5 Å². The van der Waals surface area contributed by atoms with E-state index in [0.717, 1.165) is 116 Å². The van der Waals surface area contributed by atoms with Crippen LogP contribution in [-0.4, -0.2) is 61.4 Å². The fourth-order valence-corrected chi connectivity index (χ4v) is 12.5. The maximum atomic E-state index is 10.8. The molecule has 10 rings (SSSR count). The van der Waals surface area contributed by atoms with Gasteiger partial charge < -0.3 is 47.7 Å². The fourth-order valence-electron chi connectivity index (χ4n) is 12.5. The number of fused-ring (bicyclic) bond motifs is 4. The molecule has 4 fully saturated rings. The van der Waals surface area contributed by atoms with Gasteiger partial charge in [-0.1, -0.05) is 182 Å². The Balaban J connectivity index is 0.000000204. The molecule has 0 saturated carbocycles. The van der Waals surface area contributed by atoms with Crippen molar-refractivity contribution in [3.8, 4) is 12.1 Å². The fraction of sp³-hybridized carbons (Fsp3) is 0.321. The minimum atomic E-state index is -0.614. The Labute approximate surface area is 412 Å². The van der Waals surface area contributed by atoms with E-state index in [1.54, 1.807) is 0 Å². The Morgan fingerprint density at radius 3 is 1.12 bits per heavy atom. The minimum Gasteiger partial charge on any atom is -1.00 e. The van der Waals surface area contributed by atoms with Gasteiger partial charge in [0.25, 0.3) is 0 Å². The van der Waals surface area contributed by atoms with Crippen molar-refractivity contribution in [2.45, 2.75) is 49.7 Å². The first-order chi connectivity index (χ1) is 29.9. The molecule has 0 radical (unpaired) electrons. The summed E-state index contributed by atoms with van der Waals surface area (Å²) in [5, 5.41) is 21.6. The van der Waals surface area contributed by atoms with Crippen molar-refractivity contribution in [3.05, 3.63) is 215 Å². The van der Waals surface area contributed by atoms with Crippen molar-refractivity contribution in [3.63, 3.8) is 0 Å². The van der Waals surface area contributed by atoms with Gasteiger partial charge in [0, 0.05) is 31.2 Å². The molecule has 0 aliphatic carbocycles. The first-order valence-electron chi connectivity index (χ1n) is 22.3. The molecule has 4 bridgehead atoms. The maximum absolute atomic E-state index is 10.8. The van der Waals surface area contributed by atoms with Crippen molar-refractivity contribution in [2.24, 2.45) is 10.8 Å². The van der Waals surface area contributed by atoms with E-state index in [1.807, 2.05) is 30.3 Å². The number of benzene rings is 6. The molecule has 0 N–H and O–H groups in total. The molecular formula is C56H59Br3N4O. The number of halogens is 3. The third-order valence-electron chi connectivity index (χ3n) is 15.5. The summed E-state index contributed by atoms with van der Waals surface area (Å²) in [6, 6.07) is 69.1. The molecule has 0 unspecified atom stereocenters. The number of nitrogens with zero attached hydrogens (tertiary/aromatic N) is 4. The molecule has 6 aromatic rings. The maximum Gasteiger partial charge on any atom is 0.118 e. The minimum absolute atomic E-state index is 0. The average molecular weight is 1040 g/mol. The number of hydrogen-bond acceptors (Lipinski definition) is 3. The first-order valence-corrected chi connectivity index (χ1v) is 22.3. The van der Waals surface area contributed by atoms with Crippen molar-refractivity contribution in [1.29, 1.82) is 10.5 Å². The summed E-state index contributed by atoms with van der Waals surface area (Å²) >= 11 is 0. The smallest absolute Gasteiger partial charge is 0.118 e. The van der Waals surface area contributed by atoms with E-state index in [-0.39, 0.29) is 61.8 Å². The lowest BCUT2D eigenvalue weighted by molar-refractivity contribution is -0.922. The molecule has 0 spiro atoms. The van der Waals surface area contributed by atoms with Gasteiger partial charge in [-0.2, -0.15) is 10.5 Å². The molecule has 4 saturated heterocycles. The summed E-state index contributed by atoms with van der Waals surface area (Å²) in [6.07, 6.45) is 4.39. The van der Waals surface area contributed by atoms with Crippen molar-refractivity contribution in [2.75, 3.05) is 52.4 Å². The monoisotopic (exact) mass is 1040 g/mol. The van der Waals surface area contributed by atoms with Gasteiger partial charge in [0.2, 0.25) is 0 Å². The second-order valence-corrected chi connectivity index (χ2v) is 18.5. The standard InChI is InChI=1S/C29H31N2O.C27H27N2.3BrH/c30-23-29(26-12-6-2-7-13-26,27-14-8-3-9-15-27)28-16-18-31(24-28,19-17-28)20-21-32-22-25-10-4-1-5-11-25;28-21-27(24-12-6-2-7-13-24,25-14-8-3-9-15-25)26-16-18-29(22-26,19-17-26)20-23-10-4-1-5-11-23;;;/h1-15H,16-22,24H2;1-15H,16-20,22H2;3*1H/q2*+1;;;/p-2. The van der Waals surface area contributed by atoms with Crippen LogP contribution in [-0.2, 0) is 28.7 Å². The highest BCUT2D eigenvalue weighted by atomic mass is 79.9. The lowest BCUT2D eigenvalue weighted by Crippen LogP contribution is -3.00. The number of ether oxygens (including phenoxy) is 1. The van der Waals surface area contributed by atoms with Crippen LogP contribution >= 0.6 is 17.0 Å². The Kier molecular flexibility index (Phi) is 16.0. The van der Waals surface area contributed by atoms with E-state index in [1.165, 1.54) is 11.1 Å². The Morgan fingerprint density at radius 1 is 0.453 bits per heavy atom. The molecule has 0 amide bonds. The van der Waals surface area contributed by atoms with Crippen LogP contribution < -0.4 is 34.0 Å². The highest BCUT2D eigenvalue weighted by molar-refractivity contribution is 8.93. The third kappa shape index (κ3) is 8.83. The van der Waals surface area contributed by atoms with E-state index < -0.39 is 10.8 Å². The van der Waals surface area contributed by atoms with Gasteiger partial charge in [0.1, 0.15) is 23.9 Å². The van der Waals surface area contributed by atoms with Gasteiger partial charge >= 0.3 is 0 Å². The Bertz CT molecular complexity index is 2370. The largest absolute Gasteiger partial charge is 1.00 e. The van der Waals surface area contributed by atoms with Gasteiger partial charge in [-0.3, -0.25) is 0 Å². The van der Waals surface area contributed by atoms with Gasteiger partial charge in [0.15, 0.2) is 0 Å². The lowest BCUT2D eigenvalue weighted by atomic mass is 9.56. The molecule has 0 aromatic heterocycles. The molecule has 4 heterocycles. The van der Waals surface area contributed by atoms with Crippen LogP contribution in [0.1, 0.15) is 59.1 Å². The van der Waals surface area contributed by atoms with Crippen molar-refractivity contribution < 1.29 is 47.7 Å². The molecule has 6 aromatic carbocycles. The third-order valence-corrected chi connectivity index (χ3v) is 15.5. The summed E-state index contributed by atoms with van der Waals surface area (Å²) in [4.78, 5) is 0.